The molecule has 1 heterocycles. The van der Waals surface area contributed by atoms with Gasteiger partial charge < -0.3 is 5.73 Å². The summed E-state index contributed by atoms with van der Waals surface area (Å²) in [5.74, 6) is 0. The van der Waals surface area contributed by atoms with E-state index in [1.165, 1.54) is 47.4 Å². The molecule has 1 fully saturated rings. The van der Waals surface area contributed by atoms with Crippen LogP contribution in [0.15, 0.2) is 6.07 Å². The van der Waals surface area contributed by atoms with E-state index in [2.05, 4.69) is 24.9 Å². The third-order valence-electron chi connectivity index (χ3n) is 3.89. The van der Waals surface area contributed by atoms with Gasteiger partial charge in [-0.3, -0.25) is 4.90 Å². The summed E-state index contributed by atoms with van der Waals surface area (Å²) in [5.41, 5.74) is 7.18. The molecule has 1 aliphatic rings. The van der Waals surface area contributed by atoms with Crippen molar-refractivity contribution in [3.05, 3.63) is 21.4 Å². The molecule has 0 aromatic carbocycles. The van der Waals surface area contributed by atoms with Crippen LogP contribution in [0.5, 0.6) is 0 Å². The van der Waals surface area contributed by atoms with Gasteiger partial charge in [-0.15, -0.1) is 11.3 Å². The maximum Gasteiger partial charge on any atom is 0.0274 e. The van der Waals surface area contributed by atoms with Crippen LogP contribution >= 0.6 is 11.3 Å². The van der Waals surface area contributed by atoms with Crippen LogP contribution in [0.2, 0.25) is 0 Å². The topological polar surface area (TPSA) is 29.3 Å². The number of thiophene rings is 1. The molecule has 2 nitrogen and oxygen atoms in total. The number of rotatable bonds is 4. The summed E-state index contributed by atoms with van der Waals surface area (Å²) < 4.78 is 0. The van der Waals surface area contributed by atoms with Crippen LogP contribution in [0.25, 0.3) is 0 Å². The summed E-state index contributed by atoms with van der Waals surface area (Å²) >= 11 is 1.85. The van der Waals surface area contributed by atoms with E-state index >= 15 is 0 Å². The molecule has 1 saturated carbocycles. The molecule has 0 spiro atoms. The third kappa shape index (κ3) is 3.30. The molecular formula is C14H24N2S. The molecular weight excluding hydrogens is 228 g/mol. The first-order valence-corrected chi connectivity index (χ1v) is 7.51. The van der Waals surface area contributed by atoms with Gasteiger partial charge in [0.1, 0.15) is 0 Å². The van der Waals surface area contributed by atoms with Gasteiger partial charge in [-0.2, -0.15) is 0 Å². The van der Waals surface area contributed by atoms with Crippen molar-refractivity contribution in [2.45, 2.75) is 58.2 Å². The first-order chi connectivity index (χ1) is 8.20. The largest absolute Gasteiger partial charge is 0.326 e. The normalized spacial score (nSPS) is 17.9. The van der Waals surface area contributed by atoms with Crippen molar-refractivity contribution in [2.24, 2.45) is 5.73 Å². The minimum absolute atomic E-state index is 0.679. The first-order valence-electron chi connectivity index (χ1n) is 6.69. The van der Waals surface area contributed by atoms with Gasteiger partial charge in [-0.05, 0) is 38.4 Å². The van der Waals surface area contributed by atoms with Gasteiger partial charge >= 0.3 is 0 Å². The molecule has 0 aliphatic heterocycles. The van der Waals surface area contributed by atoms with Crippen LogP contribution in [0.4, 0.5) is 0 Å². The molecule has 0 bridgehead atoms. The van der Waals surface area contributed by atoms with Crippen LogP contribution in [0, 0.1) is 6.92 Å². The SMILES string of the molecule is Cc1sc(CN)cc1CN(C)C1CCCCC1. The fourth-order valence-corrected chi connectivity index (χ4v) is 3.70. The Bertz CT molecular complexity index is 353. The average Bonchev–Trinajstić information content (AvgIpc) is 2.71. The molecule has 0 amide bonds. The summed E-state index contributed by atoms with van der Waals surface area (Å²) in [6.07, 6.45) is 7.00. The number of hydrogen-bond acceptors (Lipinski definition) is 3. The molecule has 0 atom stereocenters. The van der Waals surface area contributed by atoms with Crippen LogP contribution < -0.4 is 5.73 Å². The summed E-state index contributed by atoms with van der Waals surface area (Å²) in [7, 11) is 2.27. The zero-order chi connectivity index (χ0) is 12.3. The highest BCUT2D eigenvalue weighted by Crippen LogP contribution is 2.26. The molecule has 0 unspecified atom stereocenters. The lowest BCUT2D eigenvalue weighted by molar-refractivity contribution is 0.184. The first kappa shape index (κ1) is 13.1. The Kier molecular flexibility index (Phi) is 4.60. The van der Waals surface area contributed by atoms with Crippen LogP contribution in [0.1, 0.15) is 47.4 Å². The molecule has 3 heteroatoms. The lowest BCUT2D eigenvalue weighted by Gasteiger charge is -2.31. The molecule has 1 aliphatic carbocycles. The number of nitrogens with zero attached hydrogens (tertiary/aromatic N) is 1. The average molecular weight is 252 g/mol. The standard InChI is InChI=1S/C14H24N2S/c1-11-12(8-14(9-15)17-11)10-16(2)13-6-4-3-5-7-13/h8,13H,3-7,9-10,15H2,1-2H3. The van der Waals surface area contributed by atoms with Crippen LogP contribution in [-0.4, -0.2) is 18.0 Å². The lowest BCUT2D eigenvalue weighted by atomic mass is 9.94. The second-order valence-electron chi connectivity index (χ2n) is 5.21. The second-order valence-corrected chi connectivity index (χ2v) is 6.55. The van der Waals surface area contributed by atoms with Gasteiger partial charge in [0.15, 0.2) is 0 Å². The minimum Gasteiger partial charge on any atom is -0.326 e. The highest BCUT2D eigenvalue weighted by molar-refractivity contribution is 7.12. The van der Waals surface area contributed by atoms with Crippen LogP contribution in [0.3, 0.4) is 0 Å². The molecule has 2 rings (SSSR count). The molecule has 2 N–H and O–H groups in total. The van der Waals surface area contributed by atoms with Crippen molar-refractivity contribution >= 4 is 11.3 Å². The number of aryl methyl sites for hydroxylation is 1. The zero-order valence-electron chi connectivity index (χ0n) is 11.0. The quantitative estimate of drug-likeness (QED) is 0.891. The monoisotopic (exact) mass is 252 g/mol. The predicted octanol–water partition coefficient (Wildman–Crippen LogP) is 3.28. The zero-order valence-corrected chi connectivity index (χ0v) is 11.9. The van der Waals surface area contributed by atoms with Gasteiger partial charge in [-0.25, -0.2) is 0 Å². The van der Waals surface area contributed by atoms with E-state index in [1.807, 2.05) is 11.3 Å². The number of hydrogen-bond donors (Lipinski definition) is 1. The molecule has 1 aromatic rings. The van der Waals surface area contributed by atoms with E-state index in [4.69, 9.17) is 5.73 Å². The van der Waals surface area contributed by atoms with Crippen molar-refractivity contribution in [1.82, 2.24) is 4.90 Å². The summed E-state index contributed by atoms with van der Waals surface area (Å²) in [6.45, 7) is 3.99. The molecule has 0 radical (unpaired) electrons. The summed E-state index contributed by atoms with van der Waals surface area (Å²) in [5, 5.41) is 0. The van der Waals surface area contributed by atoms with Crippen molar-refractivity contribution < 1.29 is 0 Å². The highest BCUT2D eigenvalue weighted by Gasteiger charge is 2.18. The van der Waals surface area contributed by atoms with Crippen molar-refractivity contribution in [3.8, 4) is 0 Å². The smallest absolute Gasteiger partial charge is 0.0274 e. The fourth-order valence-electron chi connectivity index (χ4n) is 2.76. The lowest BCUT2D eigenvalue weighted by Crippen LogP contribution is -2.32. The molecule has 17 heavy (non-hydrogen) atoms. The van der Waals surface area contributed by atoms with Gasteiger partial charge in [0.25, 0.3) is 0 Å². The van der Waals surface area contributed by atoms with Gasteiger partial charge in [0.2, 0.25) is 0 Å². The highest BCUT2D eigenvalue weighted by atomic mass is 32.1. The Morgan fingerprint density at radius 1 is 1.35 bits per heavy atom. The number of nitrogens with two attached hydrogens (primary N) is 1. The Balaban J connectivity index is 1.96. The summed E-state index contributed by atoms with van der Waals surface area (Å²) in [4.78, 5) is 5.29. The maximum atomic E-state index is 5.70. The van der Waals surface area contributed by atoms with Crippen molar-refractivity contribution in [1.29, 1.82) is 0 Å². The van der Waals surface area contributed by atoms with E-state index in [9.17, 15) is 0 Å². The van der Waals surface area contributed by atoms with Crippen molar-refractivity contribution in [3.63, 3.8) is 0 Å². The minimum atomic E-state index is 0.679. The maximum absolute atomic E-state index is 5.70. The van der Waals surface area contributed by atoms with Gasteiger partial charge in [0, 0.05) is 28.9 Å². The predicted molar refractivity (Wildman–Crippen MR) is 75.3 cm³/mol. The summed E-state index contributed by atoms with van der Waals surface area (Å²) in [6, 6.07) is 3.09. The third-order valence-corrected chi connectivity index (χ3v) is 5.01. The fraction of sp³-hybridized carbons (Fsp3) is 0.714. The van der Waals surface area contributed by atoms with E-state index < -0.39 is 0 Å². The Morgan fingerprint density at radius 2 is 2.06 bits per heavy atom. The van der Waals surface area contributed by atoms with E-state index in [0.717, 1.165) is 12.6 Å². The van der Waals surface area contributed by atoms with E-state index in [-0.39, 0.29) is 0 Å². The Hall–Kier alpha value is -0.380. The Morgan fingerprint density at radius 3 is 2.65 bits per heavy atom. The van der Waals surface area contributed by atoms with Crippen molar-refractivity contribution in [2.75, 3.05) is 7.05 Å². The van der Waals surface area contributed by atoms with E-state index in [1.54, 1.807) is 0 Å². The second kappa shape index (κ2) is 5.98. The Labute approximate surface area is 109 Å². The van der Waals surface area contributed by atoms with Crippen LogP contribution in [-0.2, 0) is 13.1 Å². The van der Waals surface area contributed by atoms with E-state index in [0.29, 0.717) is 6.54 Å². The molecule has 1 aromatic heterocycles. The molecule has 96 valence electrons. The van der Waals surface area contributed by atoms with Gasteiger partial charge in [-0.1, -0.05) is 19.3 Å². The van der Waals surface area contributed by atoms with Gasteiger partial charge in [0.05, 0.1) is 0 Å². The molecule has 0 saturated heterocycles.